The SMILES string of the molecule is CC.COc1cc(Nc2nc(N(C)Cc3ccccc3)c(F)cc2C(N)=O)cc(OC)c1. The number of halogens is 1. The lowest BCUT2D eigenvalue weighted by Crippen LogP contribution is -2.22. The highest BCUT2D eigenvalue weighted by molar-refractivity contribution is 5.98. The van der Waals surface area contributed by atoms with E-state index in [4.69, 9.17) is 15.2 Å². The van der Waals surface area contributed by atoms with Crippen LogP contribution in [-0.4, -0.2) is 32.2 Å². The number of rotatable bonds is 8. The summed E-state index contributed by atoms with van der Waals surface area (Å²) in [7, 11) is 4.78. The predicted molar refractivity (Wildman–Crippen MR) is 125 cm³/mol. The molecule has 0 spiro atoms. The molecule has 0 fully saturated rings. The molecule has 32 heavy (non-hydrogen) atoms. The Morgan fingerprint density at radius 1 is 1.06 bits per heavy atom. The molecule has 3 aromatic rings. The molecule has 1 amide bonds. The lowest BCUT2D eigenvalue weighted by Gasteiger charge is -2.21. The van der Waals surface area contributed by atoms with Gasteiger partial charge in [-0.05, 0) is 11.6 Å². The second-order valence-corrected chi connectivity index (χ2v) is 6.62. The number of hydrogen-bond donors (Lipinski definition) is 2. The van der Waals surface area contributed by atoms with Crippen LogP contribution in [-0.2, 0) is 6.54 Å². The summed E-state index contributed by atoms with van der Waals surface area (Å²) in [6, 6.07) is 15.8. The average Bonchev–Trinajstić information content (AvgIpc) is 2.81. The Bertz CT molecular complexity index is 1020. The van der Waals surface area contributed by atoms with Crippen molar-refractivity contribution in [1.29, 1.82) is 0 Å². The molecule has 0 radical (unpaired) electrons. The van der Waals surface area contributed by atoms with Crippen molar-refractivity contribution in [1.82, 2.24) is 4.98 Å². The van der Waals surface area contributed by atoms with Crippen LogP contribution in [0.5, 0.6) is 11.5 Å². The molecule has 0 aliphatic heterocycles. The van der Waals surface area contributed by atoms with Crippen molar-refractivity contribution in [3.8, 4) is 11.5 Å². The number of pyridine rings is 1. The standard InChI is InChI=1S/C22H23FN4O3.C2H6/c1-27(13-14-7-5-4-6-8-14)22-19(23)12-18(20(24)28)21(26-22)25-15-9-16(29-2)11-17(10-15)30-3;1-2/h4-12H,13H2,1-3H3,(H2,24,28)(H,25,26);1-2H3. The maximum absolute atomic E-state index is 14.7. The Morgan fingerprint density at radius 2 is 1.66 bits per heavy atom. The molecule has 8 heteroatoms. The highest BCUT2D eigenvalue weighted by Gasteiger charge is 2.19. The number of amides is 1. The Morgan fingerprint density at radius 3 is 2.19 bits per heavy atom. The summed E-state index contributed by atoms with van der Waals surface area (Å²) < 4.78 is 25.3. The summed E-state index contributed by atoms with van der Waals surface area (Å²) in [5, 5.41) is 3.02. The number of ether oxygens (including phenoxy) is 2. The first-order valence-corrected chi connectivity index (χ1v) is 10.2. The molecule has 0 saturated heterocycles. The van der Waals surface area contributed by atoms with Crippen molar-refractivity contribution >= 4 is 23.2 Å². The number of carbonyl (C=O) groups is 1. The zero-order valence-corrected chi connectivity index (χ0v) is 19.0. The number of nitrogens with zero attached hydrogens (tertiary/aromatic N) is 2. The van der Waals surface area contributed by atoms with Gasteiger partial charge in [-0.3, -0.25) is 4.79 Å². The number of benzene rings is 2. The fraction of sp³-hybridized carbons (Fsp3) is 0.250. The summed E-state index contributed by atoms with van der Waals surface area (Å²) in [5.74, 6) is -0.135. The lowest BCUT2D eigenvalue weighted by atomic mass is 10.2. The van der Waals surface area contributed by atoms with E-state index in [1.807, 2.05) is 44.2 Å². The van der Waals surface area contributed by atoms with Crippen LogP contribution in [0, 0.1) is 5.82 Å². The van der Waals surface area contributed by atoms with Crippen molar-refractivity contribution in [2.45, 2.75) is 20.4 Å². The Labute approximate surface area is 188 Å². The number of carbonyl (C=O) groups excluding carboxylic acids is 1. The van der Waals surface area contributed by atoms with Crippen LogP contribution in [0.4, 0.5) is 21.7 Å². The second-order valence-electron chi connectivity index (χ2n) is 6.62. The van der Waals surface area contributed by atoms with Gasteiger partial charge in [-0.2, -0.15) is 0 Å². The van der Waals surface area contributed by atoms with E-state index < -0.39 is 11.7 Å². The molecule has 3 N–H and O–H groups in total. The van der Waals surface area contributed by atoms with Crippen molar-refractivity contribution in [2.24, 2.45) is 5.73 Å². The molecule has 0 atom stereocenters. The van der Waals surface area contributed by atoms with E-state index in [-0.39, 0.29) is 17.2 Å². The summed E-state index contributed by atoms with van der Waals surface area (Å²) in [6.07, 6.45) is 0. The van der Waals surface area contributed by atoms with Crippen molar-refractivity contribution in [2.75, 3.05) is 31.5 Å². The molecule has 0 saturated carbocycles. The first-order valence-electron chi connectivity index (χ1n) is 10.2. The van der Waals surface area contributed by atoms with Crippen molar-refractivity contribution in [3.63, 3.8) is 0 Å². The van der Waals surface area contributed by atoms with Gasteiger partial charge in [-0.25, -0.2) is 9.37 Å². The lowest BCUT2D eigenvalue weighted by molar-refractivity contribution is 0.100. The zero-order valence-electron chi connectivity index (χ0n) is 19.0. The van der Waals surface area contributed by atoms with Gasteiger partial charge >= 0.3 is 0 Å². The van der Waals surface area contributed by atoms with E-state index in [9.17, 15) is 9.18 Å². The van der Waals surface area contributed by atoms with Gasteiger partial charge in [0.2, 0.25) is 0 Å². The third-order valence-corrected chi connectivity index (χ3v) is 4.46. The second kappa shape index (κ2) is 11.5. The molecule has 3 rings (SSSR count). The van der Waals surface area contributed by atoms with E-state index in [2.05, 4.69) is 10.3 Å². The van der Waals surface area contributed by atoms with Gasteiger partial charge in [0.05, 0.1) is 19.8 Å². The minimum Gasteiger partial charge on any atom is -0.497 e. The normalized spacial score (nSPS) is 9.94. The van der Waals surface area contributed by atoms with Gasteiger partial charge < -0.3 is 25.4 Å². The predicted octanol–water partition coefficient (Wildman–Crippen LogP) is 4.74. The smallest absolute Gasteiger partial charge is 0.252 e. The van der Waals surface area contributed by atoms with E-state index in [0.717, 1.165) is 11.6 Å². The number of anilines is 3. The van der Waals surface area contributed by atoms with Crippen molar-refractivity contribution in [3.05, 3.63) is 71.5 Å². The van der Waals surface area contributed by atoms with Crippen LogP contribution in [0.1, 0.15) is 29.8 Å². The van der Waals surface area contributed by atoms with Crippen LogP contribution in [0.15, 0.2) is 54.6 Å². The topological polar surface area (TPSA) is 89.7 Å². The maximum atomic E-state index is 14.7. The number of nitrogens with two attached hydrogens (primary N) is 1. The molecule has 0 aliphatic rings. The highest BCUT2D eigenvalue weighted by atomic mass is 19.1. The van der Waals surface area contributed by atoms with Gasteiger partial charge in [0.15, 0.2) is 11.6 Å². The molecule has 1 heterocycles. The third-order valence-electron chi connectivity index (χ3n) is 4.46. The van der Waals surface area contributed by atoms with E-state index in [1.165, 1.54) is 14.2 Å². The molecular formula is C24H29FN4O3. The molecule has 0 unspecified atom stereocenters. The maximum Gasteiger partial charge on any atom is 0.252 e. The molecule has 7 nitrogen and oxygen atoms in total. The van der Waals surface area contributed by atoms with Gasteiger partial charge in [-0.15, -0.1) is 0 Å². The Hall–Kier alpha value is -3.81. The van der Waals surface area contributed by atoms with E-state index >= 15 is 0 Å². The van der Waals surface area contributed by atoms with Crippen LogP contribution in [0.25, 0.3) is 0 Å². The first-order chi connectivity index (χ1) is 15.4. The molecular weight excluding hydrogens is 411 g/mol. The summed E-state index contributed by atoms with van der Waals surface area (Å²) in [4.78, 5) is 17.9. The monoisotopic (exact) mass is 440 g/mol. The van der Waals surface area contributed by atoms with Gasteiger partial charge in [0.25, 0.3) is 5.91 Å². The van der Waals surface area contributed by atoms with Gasteiger partial charge in [0.1, 0.15) is 17.3 Å². The van der Waals surface area contributed by atoms with Crippen LogP contribution in [0.2, 0.25) is 0 Å². The minimum atomic E-state index is -0.795. The minimum absolute atomic E-state index is 0.0638. The van der Waals surface area contributed by atoms with Gasteiger partial charge in [0, 0.05) is 37.5 Å². The van der Waals surface area contributed by atoms with Crippen LogP contribution in [0.3, 0.4) is 0 Å². The highest BCUT2D eigenvalue weighted by Crippen LogP contribution is 2.30. The van der Waals surface area contributed by atoms with Crippen LogP contribution >= 0.6 is 0 Å². The van der Waals surface area contributed by atoms with E-state index in [1.54, 1.807) is 30.1 Å². The Kier molecular flexibility index (Phi) is 8.83. The largest absolute Gasteiger partial charge is 0.497 e. The number of nitrogens with one attached hydrogen (secondary N) is 1. The summed E-state index contributed by atoms with van der Waals surface area (Å²) >= 11 is 0. The fourth-order valence-electron chi connectivity index (χ4n) is 2.98. The quantitative estimate of drug-likeness (QED) is 0.526. The van der Waals surface area contributed by atoms with E-state index in [0.29, 0.717) is 23.7 Å². The van der Waals surface area contributed by atoms with Crippen LogP contribution < -0.4 is 25.4 Å². The molecule has 2 aromatic carbocycles. The number of hydrogen-bond acceptors (Lipinski definition) is 6. The zero-order chi connectivity index (χ0) is 23.7. The number of aromatic nitrogens is 1. The molecule has 1 aromatic heterocycles. The average molecular weight is 441 g/mol. The van der Waals surface area contributed by atoms with Gasteiger partial charge in [-0.1, -0.05) is 44.2 Å². The molecule has 0 aliphatic carbocycles. The summed E-state index contributed by atoms with van der Waals surface area (Å²) in [6.45, 7) is 4.44. The molecule has 170 valence electrons. The third kappa shape index (κ3) is 6.10. The fourth-order valence-corrected chi connectivity index (χ4v) is 2.98. The number of primary amides is 1. The summed E-state index contributed by atoms with van der Waals surface area (Å²) in [5.41, 5.74) is 6.93. The molecule has 0 bridgehead atoms. The first kappa shape index (κ1) is 24.5. The number of methoxy groups -OCH3 is 2. The van der Waals surface area contributed by atoms with Crippen molar-refractivity contribution < 1.29 is 18.7 Å². The Balaban J connectivity index is 0.00000176.